The molecule has 0 saturated heterocycles. The van der Waals surface area contributed by atoms with Gasteiger partial charge in [0.05, 0.1) is 0 Å². The van der Waals surface area contributed by atoms with Crippen LogP contribution in [0, 0.1) is 5.92 Å². The number of nitrogens with zero attached hydrogens (tertiary/aromatic N) is 2. The number of rotatable bonds is 6. The molecule has 1 aromatic carbocycles. The number of nitrogens with one attached hydrogen (secondary N) is 2. The summed E-state index contributed by atoms with van der Waals surface area (Å²) >= 11 is 0. The van der Waals surface area contributed by atoms with Gasteiger partial charge in [-0.3, -0.25) is 4.79 Å². The first-order valence-corrected chi connectivity index (χ1v) is 7.57. The number of benzene rings is 1. The van der Waals surface area contributed by atoms with Gasteiger partial charge in [-0.05, 0) is 51.1 Å². The number of hydrogen-bond acceptors (Lipinski definition) is 5. The van der Waals surface area contributed by atoms with Gasteiger partial charge in [0.25, 0.3) is 5.89 Å². The second-order valence-corrected chi connectivity index (χ2v) is 5.75. The number of carbonyl (C=O) groups excluding carboxylic acids is 1. The summed E-state index contributed by atoms with van der Waals surface area (Å²) in [6.45, 7) is 2.06. The van der Waals surface area contributed by atoms with Crippen molar-refractivity contribution < 1.29 is 9.32 Å². The molecule has 1 amide bonds. The summed E-state index contributed by atoms with van der Waals surface area (Å²) in [4.78, 5) is 16.1. The summed E-state index contributed by atoms with van der Waals surface area (Å²) in [5.74, 6) is 1.49. The number of aromatic nitrogens is 2. The van der Waals surface area contributed by atoms with E-state index in [-0.39, 0.29) is 24.2 Å². The Kier molecular flexibility index (Phi) is 5.74. The van der Waals surface area contributed by atoms with Crippen LogP contribution in [0.3, 0.4) is 0 Å². The van der Waals surface area contributed by atoms with E-state index in [1.54, 1.807) is 0 Å². The first kappa shape index (κ1) is 17.4. The highest BCUT2D eigenvalue weighted by Crippen LogP contribution is 2.30. The van der Waals surface area contributed by atoms with Crippen LogP contribution in [0.25, 0.3) is 11.5 Å². The summed E-state index contributed by atoms with van der Waals surface area (Å²) in [5.41, 5.74) is 1.64. The fourth-order valence-corrected chi connectivity index (χ4v) is 2.12. The lowest BCUT2D eigenvalue weighted by Crippen LogP contribution is -2.24. The molecule has 1 unspecified atom stereocenters. The van der Waals surface area contributed by atoms with Gasteiger partial charge in [-0.15, -0.1) is 12.4 Å². The third-order valence-corrected chi connectivity index (χ3v) is 3.80. The topological polar surface area (TPSA) is 80.0 Å². The van der Waals surface area contributed by atoms with Gasteiger partial charge in [0, 0.05) is 29.6 Å². The Morgan fingerprint density at radius 3 is 2.65 bits per heavy atom. The van der Waals surface area contributed by atoms with Crippen LogP contribution >= 0.6 is 12.4 Å². The van der Waals surface area contributed by atoms with E-state index in [9.17, 15) is 4.79 Å². The Hall–Kier alpha value is -1.92. The standard InChI is InChI=1S/C16H20N4O2.ClH/c1-10(17-2)9-14-19-16(22-20-14)12-5-7-13(8-6-12)18-15(21)11-3-4-11;/h5-8,10-11,17H,3-4,9H2,1-2H3,(H,18,21);1H. The van der Waals surface area contributed by atoms with Crippen molar-refractivity contribution in [3.05, 3.63) is 30.1 Å². The molecule has 1 aliphatic carbocycles. The molecule has 6 nitrogen and oxygen atoms in total. The van der Waals surface area contributed by atoms with Crippen molar-refractivity contribution >= 4 is 24.0 Å². The van der Waals surface area contributed by atoms with Gasteiger partial charge in [-0.2, -0.15) is 4.98 Å². The summed E-state index contributed by atoms with van der Waals surface area (Å²) in [6, 6.07) is 7.76. The molecule has 0 radical (unpaired) electrons. The smallest absolute Gasteiger partial charge is 0.257 e. The highest BCUT2D eigenvalue weighted by atomic mass is 35.5. The molecule has 0 spiro atoms. The van der Waals surface area contributed by atoms with Crippen molar-refractivity contribution in [3.8, 4) is 11.5 Å². The zero-order chi connectivity index (χ0) is 15.5. The molecule has 3 rings (SSSR count). The Morgan fingerprint density at radius 1 is 1.35 bits per heavy atom. The Balaban J connectivity index is 0.00000192. The molecule has 23 heavy (non-hydrogen) atoms. The van der Waals surface area contributed by atoms with Gasteiger partial charge in [-0.25, -0.2) is 0 Å². The largest absolute Gasteiger partial charge is 0.334 e. The molecular weight excluding hydrogens is 316 g/mol. The van der Waals surface area contributed by atoms with Crippen molar-refractivity contribution in [1.82, 2.24) is 15.5 Å². The second-order valence-electron chi connectivity index (χ2n) is 5.75. The van der Waals surface area contributed by atoms with Gasteiger partial charge >= 0.3 is 0 Å². The van der Waals surface area contributed by atoms with Gasteiger partial charge in [0.15, 0.2) is 5.82 Å². The number of carbonyl (C=O) groups is 1. The maximum Gasteiger partial charge on any atom is 0.257 e. The molecule has 2 aromatic rings. The predicted molar refractivity (Wildman–Crippen MR) is 90.6 cm³/mol. The second kappa shape index (κ2) is 7.57. The first-order chi connectivity index (χ1) is 10.7. The van der Waals surface area contributed by atoms with Crippen molar-refractivity contribution in [2.75, 3.05) is 12.4 Å². The highest BCUT2D eigenvalue weighted by Gasteiger charge is 2.29. The average molecular weight is 337 g/mol. The first-order valence-electron chi connectivity index (χ1n) is 7.57. The molecule has 1 aliphatic rings. The van der Waals surface area contributed by atoms with E-state index < -0.39 is 0 Å². The molecule has 2 N–H and O–H groups in total. The van der Waals surface area contributed by atoms with E-state index >= 15 is 0 Å². The lowest BCUT2D eigenvalue weighted by Gasteiger charge is -2.05. The number of hydrogen-bond donors (Lipinski definition) is 2. The van der Waals surface area contributed by atoms with Crippen LogP contribution in [0.5, 0.6) is 0 Å². The van der Waals surface area contributed by atoms with Crippen LogP contribution in [0.2, 0.25) is 0 Å². The number of likely N-dealkylation sites (N-methyl/N-ethyl adjacent to an activating group) is 1. The summed E-state index contributed by atoms with van der Waals surface area (Å²) in [6.07, 6.45) is 2.72. The maximum absolute atomic E-state index is 11.7. The molecule has 7 heteroatoms. The van der Waals surface area contributed by atoms with Gasteiger partial charge in [-0.1, -0.05) is 5.16 Å². The Morgan fingerprint density at radius 2 is 2.04 bits per heavy atom. The van der Waals surface area contributed by atoms with E-state index in [0.29, 0.717) is 17.8 Å². The fraction of sp³-hybridized carbons (Fsp3) is 0.438. The Labute approximate surface area is 141 Å². The van der Waals surface area contributed by atoms with Crippen LogP contribution in [0.1, 0.15) is 25.6 Å². The third-order valence-electron chi connectivity index (χ3n) is 3.80. The number of halogens is 1. The van der Waals surface area contributed by atoms with Crippen molar-refractivity contribution in [2.45, 2.75) is 32.2 Å². The fourth-order valence-electron chi connectivity index (χ4n) is 2.12. The lowest BCUT2D eigenvalue weighted by atomic mass is 10.2. The van der Waals surface area contributed by atoms with Gasteiger partial charge < -0.3 is 15.2 Å². The average Bonchev–Trinajstić information content (AvgIpc) is 3.28. The van der Waals surface area contributed by atoms with E-state index in [2.05, 4.69) is 27.7 Å². The lowest BCUT2D eigenvalue weighted by molar-refractivity contribution is -0.117. The molecule has 1 saturated carbocycles. The molecule has 1 atom stereocenters. The summed E-state index contributed by atoms with van der Waals surface area (Å²) < 4.78 is 5.29. The summed E-state index contributed by atoms with van der Waals surface area (Å²) in [5, 5.41) is 10.0. The van der Waals surface area contributed by atoms with E-state index in [4.69, 9.17) is 4.52 Å². The van der Waals surface area contributed by atoms with Gasteiger partial charge in [0.2, 0.25) is 5.91 Å². The number of amides is 1. The molecule has 0 bridgehead atoms. The molecule has 0 aliphatic heterocycles. The van der Waals surface area contributed by atoms with E-state index in [0.717, 1.165) is 30.5 Å². The highest BCUT2D eigenvalue weighted by molar-refractivity contribution is 5.94. The minimum atomic E-state index is 0. The van der Waals surface area contributed by atoms with Crippen LogP contribution in [0.15, 0.2) is 28.8 Å². The Bertz CT molecular complexity index is 652. The van der Waals surface area contributed by atoms with Crippen molar-refractivity contribution in [3.63, 3.8) is 0 Å². The summed E-state index contributed by atoms with van der Waals surface area (Å²) in [7, 11) is 1.90. The quantitative estimate of drug-likeness (QED) is 0.847. The van der Waals surface area contributed by atoms with Crippen LogP contribution in [-0.2, 0) is 11.2 Å². The molecule has 1 fully saturated rings. The number of anilines is 1. The molecular formula is C16H21ClN4O2. The van der Waals surface area contributed by atoms with Crippen LogP contribution in [0.4, 0.5) is 5.69 Å². The van der Waals surface area contributed by atoms with Crippen LogP contribution < -0.4 is 10.6 Å². The van der Waals surface area contributed by atoms with Crippen LogP contribution in [-0.4, -0.2) is 29.1 Å². The third kappa shape index (κ3) is 4.53. The van der Waals surface area contributed by atoms with Crippen molar-refractivity contribution in [2.24, 2.45) is 5.92 Å². The normalized spacial score (nSPS) is 14.9. The molecule has 1 aromatic heterocycles. The molecule has 124 valence electrons. The van der Waals surface area contributed by atoms with E-state index in [1.165, 1.54) is 0 Å². The SMILES string of the molecule is CNC(C)Cc1noc(-c2ccc(NC(=O)C3CC3)cc2)n1.Cl. The monoisotopic (exact) mass is 336 g/mol. The minimum Gasteiger partial charge on any atom is -0.334 e. The minimum absolute atomic E-state index is 0. The van der Waals surface area contributed by atoms with E-state index in [1.807, 2.05) is 31.3 Å². The zero-order valence-electron chi connectivity index (χ0n) is 13.2. The predicted octanol–water partition coefficient (Wildman–Crippen LogP) is 2.66. The zero-order valence-corrected chi connectivity index (χ0v) is 14.0. The van der Waals surface area contributed by atoms with Gasteiger partial charge in [0.1, 0.15) is 0 Å². The maximum atomic E-state index is 11.7. The van der Waals surface area contributed by atoms with Crippen molar-refractivity contribution in [1.29, 1.82) is 0 Å². The molecule has 1 heterocycles.